The Bertz CT molecular complexity index is 8170. The lowest BCUT2D eigenvalue weighted by atomic mass is 9.83. The van der Waals surface area contributed by atoms with Crippen molar-refractivity contribution in [1.82, 2.24) is 18.3 Å². The van der Waals surface area contributed by atoms with Crippen LogP contribution in [0, 0.1) is 55.4 Å². The first-order chi connectivity index (χ1) is 64.5. The van der Waals surface area contributed by atoms with E-state index in [0.717, 1.165) is 26.2 Å². The van der Waals surface area contributed by atoms with Crippen molar-refractivity contribution in [2.75, 3.05) is 0 Å². The predicted octanol–water partition coefficient (Wildman–Crippen LogP) is 35.6. The molecule has 0 aliphatic heterocycles. The average Bonchev–Trinajstić information content (AvgIpc) is 1.15. The monoisotopic (exact) mass is 1700 g/mol. The van der Waals surface area contributed by atoms with Crippen LogP contribution in [0.5, 0.6) is 0 Å². The summed E-state index contributed by atoms with van der Waals surface area (Å²) in [5.41, 5.74) is 45.7. The van der Waals surface area contributed by atoms with E-state index in [1.54, 1.807) is 0 Å². The number of aromatic nitrogens is 4. The minimum absolute atomic E-state index is 0.950. The fourth-order valence-corrected chi connectivity index (χ4v) is 22.1. The number of aryl methyl sites for hydroxylation is 12. The summed E-state index contributed by atoms with van der Waals surface area (Å²) in [7, 11) is 0. The van der Waals surface area contributed by atoms with Crippen LogP contribution in [0.2, 0.25) is 0 Å². The standard InChI is InChI=1S/C70H56N2.C58H48N2/c1-7-71-65-15-11-9-13-57(65)59-41-55(33-35-67(59)71)51-21-17-47(18-22-51)49-25-29-53(30-26-49)69-61-37-43(3)45(5)39-63(61)70(64-40-46(6)44(4)38-62(64)69)54-31-27-50(28-32-54)48-19-23-52(24-20-48)56-34-36-68-60(42-56)58-14-10-12-16-66(58)72(68)8-2;1-7-59-53-15-11-9-13-45(53)47-33-43(25-27-55(47)59)39-17-21-41(22-18-39)57-49-29-35(3)37(5)31-51(49)58(52-32-38(6)36(4)30-50(52)57)42-23-19-40(20-24-42)44-26-28-56-48(34-44)46-14-10-12-16-54(46)60(56)8-2/h9-42H,7-8H2,1-6H3;9-34H,7-8H2,1-6H3. The van der Waals surface area contributed by atoms with Crippen LogP contribution in [0.3, 0.4) is 0 Å². The molecule has 20 aromatic carbocycles. The Balaban J connectivity index is 0.000000152. The van der Waals surface area contributed by atoms with Crippen molar-refractivity contribution >= 4 is 130 Å². The van der Waals surface area contributed by atoms with Crippen LogP contribution < -0.4 is 0 Å². The first kappa shape index (κ1) is 81.1. The smallest absolute Gasteiger partial charge is 0.0491 e. The molecule has 0 aliphatic rings. The molecule has 0 radical (unpaired) electrons. The summed E-state index contributed by atoms with van der Waals surface area (Å²) in [6, 6.07) is 138. The van der Waals surface area contributed by atoms with Crippen LogP contribution in [0.25, 0.3) is 242 Å². The second-order valence-electron chi connectivity index (χ2n) is 36.9. The van der Waals surface area contributed by atoms with E-state index in [0.29, 0.717) is 0 Å². The van der Waals surface area contributed by atoms with Crippen LogP contribution >= 0.6 is 0 Å². The topological polar surface area (TPSA) is 19.7 Å². The molecule has 0 fully saturated rings. The first-order valence-corrected chi connectivity index (χ1v) is 47.2. The van der Waals surface area contributed by atoms with Gasteiger partial charge in [0.15, 0.2) is 0 Å². The molecule has 0 N–H and O–H groups in total. The van der Waals surface area contributed by atoms with Gasteiger partial charge in [-0.25, -0.2) is 0 Å². The summed E-state index contributed by atoms with van der Waals surface area (Å²) in [4.78, 5) is 0. The van der Waals surface area contributed by atoms with Gasteiger partial charge in [0.25, 0.3) is 0 Å². The first-order valence-electron chi connectivity index (χ1n) is 47.2. The number of hydrogen-bond donors (Lipinski definition) is 0. The lowest BCUT2D eigenvalue weighted by Crippen LogP contribution is -1.95. The van der Waals surface area contributed by atoms with Gasteiger partial charge >= 0.3 is 0 Å². The van der Waals surface area contributed by atoms with Gasteiger partial charge in [0, 0.05) is 113 Å². The van der Waals surface area contributed by atoms with Crippen molar-refractivity contribution in [2.45, 2.75) is 109 Å². The molecule has 132 heavy (non-hydrogen) atoms. The Hall–Kier alpha value is -15.4. The Morgan fingerprint density at radius 1 is 0.129 bits per heavy atom. The molecule has 4 nitrogen and oxygen atoms in total. The number of hydrogen-bond acceptors (Lipinski definition) is 0. The third-order valence-corrected chi connectivity index (χ3v) is 29.5. The second kappa shape index (κ2) is 32.4. The fourth-order valence-electron chi connectivity index (χ4n) is 22.1. The average molecular weight is 1700 g/mol. The van der Waals surface area contributed by atoms with Gasteiger partial charge in [-0.2, -0.15) is 0 Å². The Morgan fingerprint density at radius 3 is 0.432 bits per heavy atom. The van der Waals surface area contributed by atoms with Crippen LogP contribution in [-0.2, 0) is 26.2 Å². The predicted molar refractivity (Wildman–Crippen MR) is 570 cm³/mol. The molecular formula is C128H104N4. The molecule has 4 heteroatoms. The van der Waals surface area contributed by atoms with Crippen LogP contribution in [0.15, 0.2) is 364 Å². The van der Waals surface area contributed by atoms with Gasteiger partial charge < -0.3 is 18.3 Å². The Kier molecular flexibility index (Phi) is 19.9. The van der Waals surface area contributed by atoms with Gasteiger partial charge in [0.05, 0.1) is 0 Å². The zero-order valence-corrected chi connectivity index (χ0v) is 77.3. The SMILES string of the molecule is CCn1c2ccccc2c2cc(-c3ccc(-c4c5cc(C)c(C)cc5c(-c5ccc(-c6ccc7c(c6)c6ccccc6n7CC)cc5)c5cc(C)c(C)cc45)cc3)ccc21.CCn1c2ccccc2c2cc(-c3ccc(-c4ccc(-c5c6cc(C)c(C)cc6c(-c6ccc(-c7ccc(-c8ccc9c(c8)c8ccccc8n9CC)cc7)cc6)c6cc(C)c(C)cc56)cc4)cc3)ccc21. The maximum Gasteiger partial charge on any atom is 0.0491 e. The van der Waals surface area contributed by atoms with Crippen molar-refractivity contribution in [3.8, 4) is 111 Å². The number of para-hydroxylation sites is 4. The Labute approximate surface area is 772 Å². The third-order valence-electron chi connectivity index (χ3n) is 29.5. The zero-order chi connectivity index (χ0) is 89.6. The second-order valence-corrected chi connectivity index (χ2v) is 36.9. The van der Waals surface area contributed by atoms with Crippen LogP contribution in [0.4, 0.5) is 0 Å². The van der Waals surface area contributed by atoms with E-state index < -0.39 is 0 Å². The largest absolute Gasteiger partial charge is 0.341 e. The summed E-state index contributed by atoms with van der Waals surface area (Å²) in [6.45, 7) is 30.7. The molecular weight excluding hydrogens is 1590 g/mol. The summed E-state index contributed by atoms with van der Waals surface area (Å²) in [5, 5.41) is 20.9. The van der Waals surface area contributed by atoms with Gasteiger partial charge in [-0.3, -0.25) is 0 Å². The summed E-state index contributed by atoms with van der Waals surface area (Å²) in [6.07, 6.45) is 0. The molecule has 0 unspecified atom stereocenters. The molecule has 0 atom stereocenters. The Morgan fingerprint density at radius 2 is 0.265 bits per heavy atom. The maximum atomic E-state index is 2.43. The van der Waals surface area contributed by atoms with E-state index in [-0.39, 0.29) is 0 Å². The molecule has 0 aliphatic carbocycles. The zero-order valence-electron chi connectivity index (χ0n) is 77.3. The van der Waals surface area contributed by atoms with Gasteiger partial charge in [0.1, 0.15) is 0 Å². The van der Waals surface area contributed by atoms with E-state index >= 15 is 0 Å². The highest BCUT2D eigenvalue weighted by atomic mass is 15.0. The van der Waals surface area contributed by atoms with E-state index in [1.807, 2.05) is 0 Å². The lowest BCUT2D eigenvalue weighted by Gasteiger charge is -2.21. The molecule has 24 rings (SSSR count). The number of fused-ring (bicyclic) bond motifs is 16. The molecule has 0 saturated carbocycles. The van der Waals surface area contributed by atoms with E-state index in [4.69, 9.17) is 0 Å². The van der Waals surface area contributed by atoms with Crippen molar-refractivity contribution in [2.24, 2.45) is 0 Å². The van der Waals surface area contributed by atoms with Gasteiger partial charge in [-0.05, 0) is 355 Å². The number of nitrogens with zero attached hydrogens (tertiary/aromatic N) is 4. The molecule has 4 aromatic heterocycles. The van der Waals surface area contributed by atoms with Crippen molar-refractivity contribution in [3.63, 3.8) is 0 Å². The quantitative estimate of drug-likeness (QED) is 0.0967. The molecule has 4 heterocycles. The van der Waals surface area contributed by atoms with Gasteiger partial charge in [0.2, 0.25) is 0 Å². The fraction of sp³-hybridized carbons (Fsp3) is 0.125. The molecule has 0 bridgehead atoms. The molecule has 0 saturated heterocycles. The van der Waals surface area contributed by atoms with Crippen LogP contribution in [-0.4, -0.2) is 18.3 Å². The lowest BCUT2D eigenvalue weighted by molar-refractivity contribution is 0.827. The van der Waals surface area contributed by atoms with Crippen LogP contribution in [0.1, 0.15) is 72.2 Å². The third kappa shape index (κ3) is 13.4. The minimum Gasteiger partial charge on any atom is -0.341 e. The van der Waals surface area contributed by atoms with E-state index in [9.17, 15) is 0 Å². The minimum atomic E-state index is 0.950. The van der Waals surface area contributed by atoms with E-state index in [1.165, 1.54) is 286 Å². The molecule has 24 aromatic rings. The van der Waals surface area contributed by atoms with Crippen molar-refractivity contribution < 1.29 is 0 Å². The van der Waals surface area contributed by atoms with Gasteiger partial charge in [-0.1, -0.05) is 291 Å². The molecule has 636 valence electrons. The maximum absolute atomic E-state index is 2.43. The molecule has 0 amide bonds. The highest BCUT2D eigenvalue weighted by Crippen LogP contribution is 2.50. The highest BCUT2D eigenvalue weighted by molar-refractivity contribution is 6.24. The number of benzene rings is 20. The van der Waals surface area contributed by atoms with E-state index in [2.05, 4.69) is 465 Å². The summed E-state index contributed by atoms with van der Waals surface area (Å²) in [5.74, 6) is 0. The summed E-state index contributed by atoms with van der Waals surface area (Å²) < 4.78 is 9.68. The highest BCUT2D eigenvalue weighted by Gasteiger charge is 2.25. The summed E-state index contributed by atoms with van der Waals surface area (Å²) >= 11 is 0. The normalized spacial score (nSPS) is 11.9. The molecule has 0 spiro atoms. The van der Waals surface area contributed by atoms with Crippen molar-refractivity contribution in [3.05, 3.63) is 408 Å². The van der Waals surface area contributed by atoms with Gasteiger partial charge in [-0.15, -0.1) is 0 Å². The number of rotatable bonds is 14. The van der Waals surface area contributed by atoms with Crippen molar-refractivity contribution in [1.29, 1.82) is 0 Å².